The Bertz CT molecular complexity index is 1100. The van der Waals surface area contributed by atoms with Crippen molar-refractivity contribution in [2.24, 2.45) is 0 Å². The van der Waals surface area contributed by atoms with Gasteiger partial charge in [-0.05, 0) is 54.9 Å². The van der Waals surface area contributed by atoms with Crippen molar-refractivity contribution >= 4 is 31.3 Å². The van der Waals surface area contributed by atoms with Gasteiger partial charge in [0, 0.05) is 11.1 Å². The molecule has 0 aliphatic carbocycles. The molecular weight excluding hydrogens is 450 g/mol. The molecule has 1 N–H and O–H groups in total. The maximum absolute atomic E-state index is 13.1. The second-order valence-corrected chi connectivity index (χ2v) is 11.9. The number of hydrogen-bond donors (Lipinski definition) is 1. The highest BCUT2D eigenvalue weighted by atomic mass is 35.5. The van der Waals surface area contributed by atoms with Gasteiger partial charge in [0.05, 0.1) is 35.9 Å². The zero-order valence-corrected chi connectivity index (χ0v) is 19.1. The van der Waals surface area contributed by atoms with Gasteiger partial charge in [-0.1, -0.05) is 17.7 Å². The van der Waals surface area contributed by atoms with E-state index >= 15 is 0 Å². The van der Waals surface area contributed by atoms with Gasteiger partial charge >= 0.3 is 0 Å². The first-order valence-corrected chi connectivity index (χ1v) is 13.0. The average Bonchev–Trinajstić information content (AvgIpc) is 3.03. The first-order chi connectivity index (χ1) is 14.2. The summed E-state index contributed by atoms with van der Waals surface area (Å²) in [5.41, 5.74) is 0.957. The van der Waals surface area contributed by atoms with Gasteiger partial charge in [0.1, 0.15) is 0 Å². The quantitative estimate of drug-likeness (QED) is 0.627. The van der Waals surface area contributed by atoms with Crippen LogP contribution >= 0.6 is 11.6 Å². The summed E-state index contributed by atoms with van der Waals surface area (Å²) in [6.45, 7) is 0.419. The van der Waals surface area contributed by atoms with E-state index in [1.54, 1.807) is 20.3 Å². The Morgan fingerprint density at radius 3 is 2.33 bits per heavy atom. The van der Waals surface area contributed by atoms with E-state index in [0.717, 1.165) is 5.56 Å². The molecule has 7 nitrogen and oxygen atoms in total. The molecule has 0 unspecified atom stereocenters. The minimum atomic E-state index is -3.83. The molecule has 1 fully saturated rings. The van der Waals surface area contributed by atoms with Gasteiger partial charge in [-0.25, -0.2) is 16.8 Å². The number of methoxy groups -OCH3 is 2. The number of nitrogens with one attached hydrogen (secondary N) is 1. The summed E-state index contributed by atoms with van der Waals surface area (Å²) in [7, 11) is -4.18. The maximum Gasteiger partial charge on any atom is 0.183 e. The molecule has 10 heteroatoms. The summed E-state index contributed by atoms with van der Waals surface area (Å²) >= 11 is 5.84. The zero-order valence-electron chi connectivity index (χ0n) is 16.7. The number of halogens is 1. The summed E-state index contributed by atoms with van der Waals surface area (Å²) in [4.78, 5) is 0.0701. The molecule has 0 amide bonds. The van der Waals surface area contributed by atoms with Gasteiger partial charge in [-0.3, -0.25) is 0 Å². The second kappa shape index (κ2) is 9.13. The van der Waals surface area contributed by atoms with Gasteiger partial charge in [-0.2, -0.15) is 0 Å². The number of benzene rings is 2. The Morgan fingerprint density at radius 2 is 1.70 bits per heavy atom. The molecule has 0 saturated carbocycles. The van der Waals surface area contributed by atoms with Crippen LogP contribution in [-0.2, 0) is 26.1 Å². The number of sulfone groups is 2. The Hall–Kier alpha value is -1.81. The first kappa shape index (κ1) is 22.9. The third kappa shape index (κ3) is 5.08. The highest BCUT2D eigenvalue weighted by Gasteiger charge is 2.45. The summed E-state index contributed by atoms with van der Waals surface area (Å²) in [5, 5.41) is 2.50. The summed E-state index contributed by atoms with van der Waals surface area (Å²) in [5.74, 6) is 0.606. The fourth-order valence-corrected chi connectivity index (χ4v) is 8.39. The van der Waals surface area contributed by atoms with Crippen molar-refractivity contribution in [1.82, 2.24) is 5.32 Å². The van der Waals surface area contributed by atoms with E-state index in [2.05, 4.69) is 5.32 Å². The van der Waals surface area contributed by atoms with Crippen molar-refractivity contribution in [2.75, 3.05) is 32.3 Å². The molecule has 1 heterocycles. The van der Waals surface area contributed by atoms with Crippen LogP contribution in [0.3, 0.4) is 0 Å². The Kier molecular flexibility index (Phi) is 6.96. The van der Waals surface area contributed by atoms with Gasteiger partial charge in [0.25, 0.3) is 0 Å². The summed E-state index contributed by atoms with van der Waals surface area (Å²) in [6.07, 6.45) is 0.574. The van der Waals surface area contributed by atoms with E-state index in [4.69, 9.17) is 21.1 Å². The van der Waals surface area contributed by atoms with Crippen LogP contribution in [0.1, 0.15) is 5.56 Å². The summed E-state index contributed by atoms with van der Waals surface area (Å²) < 4.78 is 61.0. The molecule has 0 aromatic heterocycles. The van der Waals surface area contributed by atoms with E-state index in [0.29, 0.717) is 29.5 Å². The van der Waals surface area contributed by atoms with Crippen LogP contribution in [-0.4, -0.2) is 60.4 Å². The number of rotatable bonds is 8. The minimum Gasteiger partial charge on any atom is -0.493 e. The van der Waals surface area contributed by atoms with Crippen molar-refractivity contribution in [2.45, 2.75) is 22.6 Å². The highest BCUT2D eigenvalue weighted by molar-refractivity contribution is 7.96. The third-order valence-corrected chi connectivity index (χ3v) is 9.53. The fourth-order valence-electron chi connectivity index (χ4n) is 3.55. The van der Waals surface area contributed by atoms with Gasteiger partial charge in [-0.15, -0.1) is 0 Å². The molecule has 2 atom stereocenters. The molecule has 0 radical (unpaired) electrons. The molecule has 164 valence electrons. The maximum atomic E-state index is 13.1. The van der Waals surface area contributed by atoms with Crippen LogP contribution in [0.2, 0.25) is 5.02 Å². The van der Waals surface area contributed by atoms with Crippen molar-refractivity contribution in [1.29, 1.82) is 0 Å². The first-order valence-electron chi connectivity index (χ1n) is 9.30. The average molecular weight is 474 g/mol. The Balaban J connectivity index is 1.73. The van der Waals surface area contributed by atoms with E-state index < -0.39 is 36.7 Å². The van der Waals surface area contributed by atoms with Gasteiger partial charge in [0.2, 0.25) is 0 Å². The lowest BCUT2D eigenvalue weighted by molar-refractivity contribution is 0.354. The molecule has 3 rings (SSSR count). The Morgan fingerprint density at radius 1 is 1.03 bits per heavy atom. The van der Waals surface area contributed by atoms with Crippen LogP contribution < -0.4 is 14.8 Å². The topological polar surface area (TPSA) is 98.8 Å². The highest BCUT2D eigenvalue weighted by Crippen LogP contribution is 2.29. The van der Waals surface area contributed by atoms with E-state index in [1.807, 2.05) is 12.1 Å². The van der Waals surface area contributed by atoms with E-state index in [-0.39, 0.29) is 10.6 Å². The van der Waals surface area contributed by atoms with Crippen molar-refractivity contribution < 1.29 is 26.3 Å². The predicted molar refractivity (Wildman–Crippen MR) is 116 cm³/mol. The molecule has 0 bridgehead atoms. The lowest BCUT2D eigenvalue weighted by atomic mass is 10.1. The number of ether oxygens (including phenoxy) is 2. The number of hydrogen-bond acceptors (Lipinski definition) is 7. The van der Waals surface area contributed by atoms with Crippen molar-refractivity contribution in [3.8, 4) is 11.5 Å². The molecule has 1 aliphatic rings. The monoisotopic (exact) mass is 473 g/mol. The normalized spacial score (nSPS) is 20.8. The lowest BCUT2D eigenvalue weighted by Gasteiger charge is -2.20. The Labute approximate surface area is 182 Å². The van der Waals surface area contributed by atoms with Crippen LogP contribution in [0, 0.1) is 0 Å². The van der Waals surface area contributed by atoms with Crippen molar-refractivity contribution in [3.63, 3.8) is 0 Å². The van der Waals surface area contributed by atoms with Gasteiger partial charge < -0.3 is 14.8 Å². The zero-order chi connectivity index (χ0) is 21.9. The standard InChI is InChI=1S/C20H24ClNO6S2/c1-27-18-8-3-14(11-19(18)28-2)9-10-22-17-12-29(23,24)13-20(17)30(25,26)16-6-4-15(21)5-7-16/h3-8,11,17,20,22H,9-10,12-13H2,1-2H3/t17-,20-/m0/s1. The molecule has 30 heavy (non-hydrogen) atoms. The smallest absolute Gasteiger partial charge is 0.183 e. The summed E-state index contributed by atoms with van der Waals surface area (Å²) in [6, 6.07) is 10.6. The van der Waals surface area contributed by atoms with Crippen molar-refractivity contribution in [3.05, 3.63) is 53.1 Å². The molecular formula is C20H24ClNO6S2. The molecule has 2 aromatic carbocycles. The van der Waals surface area contributed by atoms with E-state index in [9.17, 15) is 16.8 Å². The lowest BCUT2D eigenvalue weighted by Crippen LogP contribution is -2.44. The largest absolute Gasteiger partial charge is 0.493 e. The van der Waals surface area contributed by atoms with Crippen LogP contribution in [0.25, 0.3) is 0 Å². The molecule has 1 saturated heterocycles. The van der Waals surface area contributed by atoms with Crippen LogP contribution in [0.15, 0.2) is 47.4 Å². The fraction of sp³-hybridized carbons (Fsp3) is 0.400. The van der Waals surface area contributed by atoms with Gasteiger partial charge in [0.15, 0.2) is 31.2 Å². The van der Waals surface area contributed by atoms with Crippen LogP contribution in [0.5, 0.6) is 11.5 Å². The van der Waals surface area contributed by atoms with Crippen LogP contribution in [0.4, 0.5) is 0 Å². The SMILES string of the molecule is COc1ccc(CCN[C@H]2CS(=O)(=O)C[C@@H]2S(=O)(=O)c2ccc(Cl)cc2)cc1OC. The van der Waals surface area contributed by atoms with E-state index in [1.165, 1.54) is 24.3 Å². The molecule has 1 aliphatic heterocycles. The molecule has 0 spiro atoms. The molecule has 2 aromatic rings. The minimum absolute atomic E-state index is 0.0701. The second-order valence-electron chi connectivity index (χ2n) is 7.11. The predicted octanol–water partition coefficient (Wildman–Crippen LogP) is 2.13. The third-order valence-electron chi connectivity index (χ3n) is 5.11.